The topological polar surface area (TPSA) is 108 Å². The molecule has 3 N–H and O–H groups in total. The molecule has 1 aliphatic heterocycles. The number of nitrogens with one attached hydrogen (secondary N) is 1. The van der Waals surface area contributed by atoms with Crippen molar-refractivity contribution in [3.63, 3.8) is 0 Å². The van der Waals surface area contributed by atoms with Crippen LogP contribution in [0.25, 0.3) is 0 Å². The zero-order valence-corrected chi connectivity index (χ0v) is 17.7. The summed E-state index contributed by atoms with van der Waals surface area (Å²) in [5.41, 5.74) is 0. The van der Waals surface area contributed by atoms with Crippen LogP contribution in [0.5, 0.6) is 17.2 Å². The van der Waals surface area contributed by atoms with E-state index in [2.05, 4.69) is 5.32 Å². The smallest absolute Gasteiger partial charge is 0.243 e. The minimum Gasteiger partial charge on any atom is -0.508 e. The fourth-order valence-corrected chi connectivity index (χ4v) is 4.76. The number of piperidine rings is 1. The van der Waals surface area contributed by atoms with E-state index in [9.17, 15) is 18.6 Å². The number of nitrogens with zero attached hydrogens (tertiary/aromatic N) is 1. The van der Waals surface area contributed by atoms with Crippen LogP contribution in [0.15, 0.2) is 53.4 Å². The number of ether oxygens (including phenoxy) is 2. The van der Waals surface area contributed by atoms with E-state index in [4.69, 9.17) is 9.47 Å². The summed E-state index contributed by atoms with van der Waals surface area (Å²) >= 11 is 0. The van der Waals surface area contributed by atoms with Gasteiger partial charge in [0.25, 0.3) is 0 Å². The van der Waals surface area contributed by atoms with Crippen molar-refractivity contribution in [3.8, 4) is 17.2 Å². The van der Waals surface area contributed by atoms with Crippen LogP contribution in [0.3, 0.4) is 0 Å². The monoisotopic (exact) mass is 436 g/mol. The molecule has 0 amide bonds. The van der Waals surface area contributed by atoms with Gasteiger partial charge in [-0.2, -0.15) is 4.31 Å². The van der Waals surface area contributed by atoms with Gasteiger partial charge in [0.2, 0.25) is 10.0 Å². The highest BCUT2D eigenvalue weighted by Gasteiger charge is 2.29. The second kappa shape index (κ2) is 10.1. The minimum atomic E-state index is -3.52. The van der Waals surface area contributed by atoms with Crippen LogP contribution in [0, 0.1) is 0 Å². The first-order valence-electron chi connectivity index (χ1n) is 9.86. The first-order valence-corrected chi connectivity index (χ1v) is 11.3. The van der Waals surface area contributed by atoms with Gasteiger partial charge in [-0.3, -0.25) is 0 Å². The Balaban J connectivity index is 1.41. The van der Waals surface area contributed by atoms with Crippen molar-refractivity contribution in [3.05, 3.63) is 48.5 Å². The Bertz CT molecular complexity index is 894. The molecule has 1 saturated heterocycles. The molecule has 1 heterocycles. The Kier molecular flexibility index (Phi) is 7.54. The fraction of sp³-hybridized carbons (Fsp3) is 0.429. The number of phenolic OH excluding ortho intramolecular Hbond substituents is 1. The van der Waals surface area contributed by atoms with E-state index in [1.54, 1.807) is 36.4 Å². The number of phenols is 1. The van der Waals surface area contributed by atoms with Crippen molar-refractivity contribution in [2.24, 2.45) is 0 Å². The SMILES string of the molecule is COc1ccc(S(=O)(=O)N2CCC(NC[C@H](O)COc3ccc(O)cc3)CC2)cc1. The lowest BCUT2D eigenvalue weighted by Crippen LogP contribution is -2.47. The molecule has 2 aromatic carbocycles. The maximum Gasteiger partial charge on any atom is 0.243 e. The van der Waals surface area contributed by atoms with Gasteiger partial charge in [0.15, 0.2) is 0 Å². The standard InChI is InChI=1S/C21H28N2O6S/c1-28-19-6-8-21(9-7-19)30(26,27)23-12-10-16(11-13-23)22-14-18(25)15-29-20-4-2-17(24)3-5-20/h2-9,16,18,22,24-25H,10-15H2,1H3/t18-/m0/s1. The summed E-state index contributed by atoms with van der Waals surface area (Å²) < 4.78 is 37.7. The minimum absolute atomic E-state index is 0.127. The van der Waals surface area contributed by atoms with Crippen molar-refractivity contribution < 1.29 is 28.1 Å². The van der Waals surface area contributed by atoms with Crippen LogP contribution >= 0.6 is 0 Å². The number of benzene rings is 2. The normalized spacial score (nSPS) is 16.9. The second-order valence-corrected chi connectivity index (χ2v) is 9.16. The number of aliphatic hydroxyl groups excluding tert-OH is 1. The van der Waals surface area contributed by atoms with Crippen molar-refractivity contribution in [2.45, 2.75) is 29.9 Å². The molecule has 0 spiro atoms. The van der Waals surface area contributed by atoms with E-state index < -0.39 is 16.1 Å². The van der Waals surface area contributed by atoms with Crippen molar-refractivity contribution in [2.75, 3.05) is 33.4 Å². The van der Waals surface area contributed by atoms with Crippen LogP contribution in [-0.2, 0) is 10.0 Å². The number of methoxy groups -OCH3 is 1. The quantitative estimate of drug-likeness (QED) is 0.548. The summed E-state index contributed by atoms with van der Waals surface area (Å²) in [4.78, 5) is 0.261. The van der Waals surface area contributed by atoms with Gasteiger partial charge in [0, 0.05) is 25.7 Å². The third kappa shape index (κ3) is 5.85. The zero-order chi connectivity index (χ0) is 21.6. The van der Waals surface area contributed by atoms with Crippen molar-refractivity contribution >= 4 is 10.0 Å². The molecule has 0 aliphatic carbocycles. The average Bonchev–Trinajstić information content (AvgIpc) is 2.77. The number of rotatable bonds is 9. The highest BCUT2D eigenvalue weighted by Crippen LogP contribution is 2.23. The zero-order valence-electron chi connectivity index (χ0n) is 16.9. The van der Waals surface area contributed by atoms with Gasteiger partial charge in [-0.15, -0.1) is 0 Å². The lowest BCUT2D eigenvalue weighted by atomic mass is 10.1. The average molecular weight is 437 g/mol. The van der Waals surface area contributed by atoms with E-state index in [1.807, 2.05) is 0 Å². The summed E-state index contributed by atoms with van der Waals surface area (Å²) in [6.07, 6.45) is 0.641. The van der Waals surface area contributed by atoms with Gasteiger partial charge >= 0.3 is 0 Å². The molecule has 30 heavy (non-hydrogen) atoms. The fourth-order valence-electron chi connectivity index (χ4n) is 3.29. The first-order chi connectivity index (χ1) is 14.4. The van der Waals surface area contributed by atoms with Gasteiger partial charge in [-0.05, 0) is 61.4 Å². The number of hydrogen-bond acceptors (Lipinski definition) is 7. The first kappa shape index (κ1) is 22.4. The molecular weight excluding hydrogens is 408 g/mol. The van der Waals surface area contributed by atoms with Gasteiger partial charge < -0.3 is 25.0 Å². The second-order valence-electron chi connectivity index (χ2n) is 7.22. The maximum absolute atomic E-state index is 12.8. The molecule has 2 aromatic rings. The van der Waals surface area contributed by atoms with E-state index in [0.29, 0.717) is 44.0 Å². The molecule has 1 aliphatic rings. The van der Waals surface area contributed by atoms with Crippen LogP contribution in [0.1, 0.15) is 12.8 Å². The molecule has 1 fully saturated rings. The predicted molar refractivity (Wildman–Crippen MR) is 112 cm³/mol. The van der Waals surface area contributed by atoms with Crippen molar-refractivity contribution in [1.82, 2.24) is 9.62 Å². The van der Waals surface area contributed by atoms with E-state index in [-0.39, 0.29) is 23.3 Å². The maximum atomic E-state index is 12.8. The lowest BCUT2D eigenvalue weighted by Gasteiger charge is -2.32. The largest absolute Gasteiger partial charge is 0.508 e. The molecule has 8 nitrogen and oxygen atoms in total. The molecule has 1 atom stereocenters. The van der Waals surface area contributed by atoms with E-state index >= 15 is 0 Å². The number of aliphatic hydroxyl groups is 1. The molecule has 9 heteroatoms. The Morgan fingerprint density at radius 2 is 1.67 bits per heavy atom. The Morgan fingerprint density at radius 3 is 2.27 bits per heavy atom. The van der Waals surface area contributed by atoms with E-state index in [1.165, 1.54) is 23.5 Å². The molecule has 3 rings (SSSR count). The third-order valence-corrected chi connectivity index (χ3v) is 6.99. The number of aromatic hydroxyl groups is 1. The Morgan fingerprint density at radius 1 is 1.07 bits per heavy atom. The van der Waals surface area contributed by atoms with Gasteiger partial charge in [0.1, 0.15) is 30.0 Å². The lowest BCUT2D eigenvalue weighted by molar-refractivity contribution is 0.101. The molecular formula is C21H28N2O6S. The molecule has 0 unspecified atom stereocenters. The summed E-state index contributed by atoms with van der Waals surface area (Å²) in [5.74, 6) is 1.35. The molecule has 0 aromatic heterocycles. The predicted octanol–water partition coefficient (Wildman–Crippen LogP) is 1.58. The summed E-state index contributed by atoms with van der Waals surface area (Å²) in [6, 6.07) is 12.8. The summed E-state index contributed by atoms with van der Waals surface area (Å²) in [6.45, 7) is 1.33. The summed E-state index contributed by atoms with van der Waals surface area (Å²) in [7, 11) is -1.98. The van der Waals surface area contributed by atoms with Gasteiger partial charge in [0.05, 0.1) is 12.0 Å². The van der Waals surface area contributed by atoms with Crippen molar-refractivity contribution in [1.29, 1.82) is 0 Å². The summed E-state index contributed by atoms with van der Waals surface area (Å²) in [5, 5.41) is 22.7. The van der Waals surface area contributed by atoms with E-state index in [0.717, 1.165) is 0 Å². The molecule has 164 valence electrons. The highest BCUT2D eigenvalue weighted by molar-refractivity contribution is 7.89. The molecule has 0 radical (unpaired) electrons. The van der Waals surface area contributed by atoms with Crippen LogP contribution < -0.4 is 14.8 Å². The highest BCUT2D eigenvalue weighted by atomic mass is 32.2. The third-order valence-electron chi connectivity index (χ3n) is 5.07. The molecule has 0 saturated carbocycles. The van der Waals surface area contributed by atoms with Crippen LogP contribution in [0.4, 0.5) is 0 Å². The van der Waals surface area contributed by atoms with Crippen LogP contribution in [0.2, 0.25) is 0 Å². The number of sulfonamides is 1. The van der Waals surface area contributed by atoms with Crippen LogP contribution in [-0.4, -0.2) is 68.4 Å². The molecule has 0 bridgehead atoms. The van der Waals surface area contributed by atoms with Gasteiger partial charge in [-0.25, -0.2) is 8.42 Å². The number of hydrogen-bond donors (Lipinski definition) is 3. The van der Waals surface area contributed by atoms with Gasteiger partial charge in [-0.1, -0.05) is 0 Å². The Labute approximate surface area is 177 Å². The Hall–Kier alpha value is -2.33.